The van der Waals surface area contributed by atoms with Gasteiger partial charge in [-0.05, 0) is 43.2 Å². The highest BCUT2D eigenvalue weighted by Gasteiger charge is 2.45. The van der Waals surface area contributed by atoms with E-state index in [9.17, 15) is 4.79 Å². The second-order valence-electron chi connectivity index (χ2n) is 5.89. The Morgan fingerprint density at radius 2 is 1.84 bits per heavy atom. The van der Waals surface area contributed by atoms with Crippen LogP contribution in [0.5, 0.6) is 0 Å². The molecule has 1 aliphatic rings. The number of hydrogen-bond acceptors (Lipinski definition) is 2. The van der Waals surface area contributed by atoms with Gasteiger partial charge >= 0.3 is 0 Å². The minimum absolute atomic E-state index is 0.0505. The summed E-state index contributed by atoms with van der Waals surface area (Å²) in [6.45, 7) is 4.63. The molecule has 0 aromatic heterocycles. The maximum absolute atomic E-state index is 12.4. The number of benzene rings is 1. The summed E-state index contributed by atoms with van der Waals surface area (Å²) >= 11 is 0. The van der Waals surface area contributed by atoms with Crippen molar-refractivity contribution in [2.45, 2.75) is 45.2 Å². The highest BCUT2D eigenvalue weighted by Crippen LogP contribution is 2.38. The van der Waals surface area contributed by atoms with Crippen LogP contribution in [0.15, 0.2) is 24.3 Å². The van der Waals surface area contributed by atoms with Crippen molar-refractivity contribution in [3.05, 3.63) is 35.4 Å². The average Bonchev–Trinajstić information content (AvgIpc) is 3.23. The lowest BCUT2D eigenvalue weighted by molar-refractivity contribution is -0.136. The van der Waals surface area contributed by atoms with Gasteiger partial charge in [0, 0.05) is 13.6 Å². The summed E-state index contributed by atoms with van der Waals surface area (Å²) in [4.78, 5) is 14.1. The molecule has 104 valence electrons. The fourth-order valence-corrected chi connectivity index (χ4v) is 2.49. The maximum Gasteiger partial charge on any atom is 0.242 e. The van der Waals surface area contributed by atoms with Crippen molar-refractivity contribution < 1.29 is 4.79 Å². The summed E-state index contributed by atoms with van der Waals surface area (Å²) in [6, 6.07) is 8.42. The van der Waals surface area contributed by atoms with Crippen LogP contribution in [0.1, 0.15) is 37.8 Å². The number of nitrogens with zero attached hydrogens (tertiary/aromatic N) is 1. The van der Waals surface area contributed by atoms with Gasteiger partial charge in [0.05, 0.1) is 5.54 Å². The Kier molecular flexibility index (Phi) is 3.95. The summed E-state index contributed by atoms with van der Waals surface area (Å²) in [6.07, 6.45) is 3.20. The summed E-state index contributed by atoms with van der Waals surface area (Å²) < 4.78 is 0. The Hall–Kier alpha value is -1.35. The van der Waals surface area contributed by atoms with Crippen LogP contribution < -0.4 is 5.73 Å². The van der Waals surface area contributed by atoms with Crippen molar-refractivity contribution in [1.82, 2.24) is 4.90 Å². The van der Waals surface area contributed by atoms with Gasteiger partial charge in [0.25, 0.3) is 0 Å². The van der Waals surface area contributed by atoms with Crippen molar-refractivity contribution in [2.75, 3.05) is 7.05 Å². The molecule has 1 aromatic carbocycles. The highest BCUT2D eigenvalue weighted by molar-refractivity contribution is 5.86. The summed E-state index contributed by atoms with van der Waals surface area (Å²) in [5.74, 6) is 0.416. The van der Waals surface area contributed by atoms with Gasteiger partial charge in [-0.2, -0.15) is 0 Å². The molecule has 19 heavy (non-hydrogen) atoms. The molecule has 2 N–H and O–H groups in total. The first-order valence-corrected chi connectivity index (χ1v) is 7.07. The minimum atomic E-state index is -0.696. The van der Waals surface area contributed by atoms with Gasteiger partial charge in [0.15, 0.2) is 0 Å². The topological polar surface area (TPSA) is 46.3 Å². The van der Waals surface area contributed by atoms with Crippen LogP contribution in [0.2, 0.25) is 0 Å². The van der Waals surface area contributed by atoms with Gasteiger partial charge in [0.2, 0.25) is 5.91 Å². The van der Waals surface area contributed by atoms with Crippen molar-refractivity contribution >= 4 is 5.91 Å². The highest BCUT2D eigenvalue weighted by atomic mass is 16.2. The van der Waals surface area contributed by atoms with Crippen molar-refractivity contribution in [2.24, 2.45) is 11.7 Å². The van der Waals surface area contributed by atoms with Crippen LogP contribution >= 0.6 is 0 Å². The number of carbonyl (C=O) groups excluding carboxylic acids is 1. The van der Waals surface area contributed by atoms with E-state index in [1.807, 2.05) is 14.0 Å². The molecule has 1 amide bonds. The van der Waals surface area contributed by atoms with Gasteiger partial charge in [-0.15, -0.1) is 0 Å². The predicted octanol–water partition coefficient (Wildman–Crippen LogP) is 2.33. The van der Waals surface area contributed by atoms with Crippen LogP contribution in [0.3, 0.4) is 0 Å². The SMILES string of the molecule is CCc1ccc(CN(C)C(=O)C(C)(N)C2CC2)cc1. The van der Waals surface area contributed by atoms with E-state index in [1.54, 1.807) is 4.90 Å². The smallest absolute Gasteiger partial charge is 0.242 e. The van der Waals surface area contributed by atoms with Gasteiger partial charge < -0.3 is 10.6 Å². The molecule has 1 aliphatic carbocycles. The maximum atomic E-state index is 12.4. The third-order valence-electron chi connectivity index (χ3n) is 4.08. The molecular weight excluding hydrogens is 236 g/mol. The Labute approximate surface area is 115 Å². The van der Waals surface area contributed by atoms with E-state index in [-0.39, 0.29) is 5.91 Å². The van der Waals surface area contributed by atoms with Gasteiger partial charge in [-0.25, -0.2) is 0 Å². The second-order valence-corrected chi connectivity index (χ2v) is 5.89. The molecule has 3 nitrogen and oxygen atoms in total. The van der Waals surface area contributed by atoms with Crippen molar-refractivity contribution in [3.63, 3.8) is 0 Å². The number of rotatable bonds is 5. The molecule has 2 rings (SSSR count). The second kappa shape index (κ2) is 5.33. The van der Waals surface area contributed by atoms with Crippen LogP contribution in [-0.2, 0) is 17.8 Å². The number of amides is 1. The largest absolute Gasteiger partial charge is 0.340 e. The predicted molar refractivity (Wildman–Crippen MR) is 77.6 cm³/mol. The van der Waals surface area contributed by atoms with Crippen molar-refractivity contribution in [3.8, 4) is 0 Å². The molecule has 1 atom stereocenters. The molecular formula is C16H24N2O. The van der Waals surface area contributed by atoms with E-state index in [2.05, 4.69) is 31.2 Å². The molecule has 1 aromatic rings. The van der Waals surface area contributed by atoms with Crippen LogP contribution in [0, 0.1) is 5.92 Å². The number of likely N-dealkylation sites (N-methyl/N-ethyl adjacent to an activating group) is 1. The molecule has 1 fully saturated rings. The quantitative estimate of drug-likeness (QED) is 0.883. The number of nitrogens with two attached hydrogens (primary N) is 1. The third kappa shape index (κ3) is 3.16. The number of aryl methyl sites for hydroxylation is 1. The molecule has 0 aliphatic heterocycles. The average molecular weight is 260 g/mol. The third-order valence-corrected chi connectivity index (χ3v) is 4.08. The number of hydrogen-bond donors (Lipinski definition) is 1. The summed E-state index contributed by atoms with van der Waals surface area (Å²) in [5, 5.41) is 0. The lowest BCUT2D eigenvalue weighted by atomic mass is 9.95. The van der Waals surface area contributed by atoms with Crippen LogP contribution in [0.4, 0.5) is 0 Å². The molecule has 3 heteroatoms. The molecule has 0 radical (unpaired) electrons. The fraction of sp³-hybridized carbons (Fsp3) is 0.562. The zero-order valence-corrected chi connectivity index (χ0v) is 12.1. The monoisotopic (exact) mass is 260 g/mol. The Balaban J connectivity index is 1.99. The first kappa shape index (κ1) is 14.1. The van der Waals surface area contributed by atoms with Gasteiger partial charge in [-0.1, -0.05) is 31.2 Å². The molecule has 1 unspecified atom stereocenters. The Morgan fingerprint density at radius 1 is 1.32 bits per heavy atom. The van der Waals surface area contributed by atoms with Crippen molar-refractivity contribution in [1.29, 1.82) is 0 Å². The normalized spacial score (nSPS) is 17.9. The summed E-state index contributed by atoms with van der Waals surface area (Å²) in [5.41, 5.74) is 7.95. The molecule has 1 saturated carbocycles. The van der Waals surface area contributed by atoms with E-state index in [0.29, 0.717) is 12.5 Å². The Bertz CT molecular complexity index is 446. The first-order valence-electron chi connectivity index (χ1n) is 7.07. The first-order chi connectivity index (χ1) is 8.95. The van der Waals surface area contributed by atoms with Gasteiger partial charge in [0.1, 0.15) is 0 Å². The van der Waals surface area contributed by atoms with E-state index in [4.69, 9.17) is 5.73 Å². The molecule has 0 saturated heterocycles. The molecule has 0 spiro atoms. The zero-order valence-electron chi connectivity index (χ0n) is 12.1. The van der Waals surface area contributed by atoms with Gasteiger partial charge in [-0.3, -0.25) is 4.79 Å². The zero-order chi connectivity index (χ0) is 14.0. The van der Waals surface area contributed by atoms with Crippen LogP contribution in [-0.4, -0.2) is 23.4 Å². The van der Waals surface area contributed by atoms with E-state index in [1.165, 1.54) is 5.56 Å². The summed E-state index contributed by atoms with van der Waals surface area (Å²) in [7, 11) is 1.84. The van der Waals surface area contributed by atoms with Crippen LogP contribution in [0.25, 0.3) is 0 Å². The lowest BCUT2D eigenvalue weighted by Gasteiger charge is -2.29. The Morgan fingerprint density at radius 3 is 2.32 bits per heavy atom. The van der Waals surface area contributed by atoms with E-state index >= 15 is 0 Å². The lowest BCUT2D eigenvalue weighted by Crippen LogP contribution is -2.53. The minimum Gasteiger partial charge on any atom is -0.340 e. The van der Waals surface area contributed by atoms with E-state index in [0.717, 1.165) is 24.8 Å². The number of carbonyl (C=O) groups is 1. The standard InChI is InChI=1S/C16H24N2O/c1-4-12-5-7-13(8-6-12)11-18(3)15(19)16(2,17)14-9-10-14/h5-8,14H,4,9-11,17H2,1-3H3. The molecule has 0 bridgehead atoms. The fourth-order valence-electron chi connectivity index (χ4n) is 2.49. The van der Waals surface area contributed by atoms with E-state index < -0.39 is 5.54 Å². The molecule has 0 heterocycles.